The molecule has 0 aliphatic heterocycles. The minimum absolute atomic E-state index is 0.538. The highest BCUT2D eigenvalue weighted by Gasteiger charge is 2.10. The van der Waals surface area contributed by atoms with Gasteiger partial charge in [-0.1, -0.05) is 24.3 Å². The van der Waals surface area contributed by atoms with Gasteiger partial charge in [0.1, 0.15) is 0 Å². The van der Waals surface area contributed by atoms with E-state index in [1.54, 1.807) is 0 Å². The van der Waals surface area contributed by atoms with Crippen molar-refractivity contribution in [2.24, 2.45) is 0 Å². The number of hydrogen-bond donors (Lipinski definition) is 0. The molecule has 2 rings (SSSR count). The highest BCUT2D eigenvalue weighted by atomic mass is 79.9. The SMILES string of the molecule is CCN(c1ccccc1)c1ccc(CCl)cc1Br. The van der Waals surface area contributed by atoms with Crippen LogP contribution in [0.25, 0.3) is 0 Å². The third kappa shape index (κ3) is 2.88. The van der Waals surface area contributed by atoms with Crippen LogP contribution in [0.1, 0.15) is 12.5 Å². The molecule has 0 fully saturated rings. The zero-order valence-electron chi connectivity index (χ0n) is 10.2. The lowest BCUT2D eigenvalue weighted by atomic mass is 10.2. The molecule has 0 aromatic heterocycles. The number of halogens is 2. The summed E-state index contributed by atoms with van der Waals surface area (Å²) in [5.41, 5.74) is 3.48. The van der Waals surface area contributed by atoms with Crippen molar-refractivity contribution in [3.05, 3.63) is 58.6 Å². The lowest BCUT2D eigenvalue weighted by Gasteiger charge is -2.24. The molecule has 0 aliphatic rings. The number of benzene rings is 2. The first-order valence-electron chi connectivity index (χ1n) is 5.93. The Kier molecular flexibility index (Phi) is 4.67. The van der Waals surface area contributed by atoms with Crippen molar-refractivity contribution in [3.8, 4) is 0 Å². The van der Waals surface area contributed by atoms with Gasteiger partial charge in [-0.05, 0) is 52.7 Å². The van der Waals surface area contributed by atoms with Crippen molar-refractivity contribution in [1.82, 2.24) is 0 Å². The smallest absolute Gasteiger partial charge is 0.0555 e. The van der Waals surface area contributed by atoms with Crippen molar-refractivity contribution in [3.63, 3.8) is 0 Å². The summed E-state index contributed by atoms with van der Waals surface area (Å²) in [6, 6.07) is 16.6. The van der Waals surface area contributed by atoms with Crippen molar-refractivity contribution in [2.75, 3.05) is 11.4 Å². The molecular formula is C15H15BrClN. The average molecular weight is 325 g/mol. The van der Waals surface area contributed by atoms with Crippen LogP contribution in [0.15, 0.2) is 53.0 Å². The Morgan fingerprint density at radius 3 is 2.39 bits per heavy atom. The van der Waals surface area contributed by atoms with Gasteiger partial charge in [-0.15, -0.1) is 11.6 Å². The second-order valence-electron chi connectivity index (χ2n) is 4.00. The van der Waals surface area contributed by atoms with E-state index in [0.29, 0.717) is 5.88 Å². The van der Waals surface area contributed by atoms with Crippen LogP contribution in [0, 0.1) is 0 Å². The molecule has 2 aromatic carbocycles. The Hall–Kier alpha value is -0.990. The van der Waals surface area contributed by atoms with Crippen LogP contribution in [0.2, 0.25) is 0 Å². The fourth-order valence-electron chi connectivity index (χ4n) is 1.95. The number of hydrogen-bond acceptors (Lipinski definition) is 1. The average Bonchev–Trinajstić information content (AvgIpc) is 2.42. The summed E-state index contributed by atoms with van der Waals surface area (Å²) < 4.78 is 1.08. The topological polar surface area (TPSA) is 3.24 Å². The zero-order chi connectivity index (χ0) is 13.0. The van der Waals surface area contributed by atoms with Crippen LogP contribution >= 0.6 is 27.5 Å². The third-order valence-corrected chi connectivity index (χ3v) is 3.79. The fourth-order valence-corrected chi connectivity index (χ4v) is 2.76. The second kappa shape index (κ2) is 6.26. The number of rotatable bonds is 4. The molecule has 0 bridgehead atoms. The summed E-state index contributed by atoms with van der Waals surface area (Å²) in [7, 11) is 0. The van der Waals surface area contributed by atoms with Crippen LogP contribution in [0.5, 0.6) is 0 Å². The van der Waals surface area contributed by atoms with E-state index in [4.69, 9.17) is 11.6 Å². The molecule has 0 saturated heterocycles. The summed E-state index contributed by atoms with van der Waals surface area (Å²) in [5.74, 6) is 0.538. The Balaban J connectivity index is 2.39. The summed E-state index contributed by atoms with van der Waals surface area (Å²) >= 11 is 9.47. The van der Waals surface area contributed by atoms with Gasteiger partial charge in [0.05, 0.1) is 5.69 Å². The Labute approximate surface area is 122 Å². The van der Waals surface area contributed by atoms with Gasteiger partial charge in [-0.3, -0.25) is 0 Å². The molecule has 0 atom stereocenters. The molecule has 94 valence electrons. The Morgan fingerprint density at radius 2 is 1.83 bits per heavy atom. The van der Waals surface area contributed by atoms with E-state index in [1.807, 2.05) is 6.07 Å². The monoisotopic (exact) mass is 323 g/mol. The van der Waals surface area contributed by atoms with Gasteiger partial charge in [0.15, 0.2) is 0 Å². The molecular weight excluding hydrogens is 310 g/mol. The molecule has 0 unspecified atom stereocenters. The van der Waals surface area contributed by atoms with E-state index in [1.165, 1.54) is 5.69 Å². The quantitative estimate of drug-likeness (QED) is 0.686. The van der Waals surface area contributed by atoms with Gasteiger partial charge in [-0.2, -0.15) is 0 Å². The van der Waals surface area contributed by atoms with Gasteiger partial charge in [0.25, 0.3) is 0 Å². The van der Waals surface area contributed by atoms with E-state index in [2.05, 4.69) is 70.2 Å². The number of anilines is 2. The molecule has 18 heavy (non-hydrogen) atoms. The highest BCUT2D eigenvalue weighted by molar-refractivity contribution is 9.10. The molecule has 3 heteroatoms. The molecule has 1 nitrogen and oxygen atoms in total. The van der Waals surface area contributed by atoms with E-state index < -0.39 is 0 Å². The number of alkyl halides is 1. The maximum absolute atomic E-state index is 5.85. The van der Waals surface area contributed by atoms with Crippen molar-refractivity contribution < 1.29 is 0 Å². The third-order valence-electron chi connectivity index (χ3n) is 2.84. The summed E-state index contributed by atoms with van der Waals surface area (Å²) in [6.45, 7) is 3.07. The summed E-state index contributed by atoms with van der Waals surface area (Å²) in [5, 5.41) is 0. The minimum Gasteiger partial charge on any atom is -0.341 e. The van der Waals surface area contributed by atoms with Gasteiger partial charge >= 0.3 is 0 Å². The molecule has 2 aromatic rings. The maximum Gasteiger partial charge on any atom is 0.0555 e. The largest absolute Gasteiger partial charge is 0.341 e. The van der Waals surface area contributed by atoms with Crippen LogP contribution in [0.4, 0.5) is 11.4 Å². The molecule has 0 amide bonds. The van der Waals surface area contributed by atoms with Gasteiger partial charge in [-0.25, -0.2) is 0 Å². The first-order chi connectivity index (χ1) is 8.76. The van der Waals surface area contributed by atoms with Crippen molar-refractivity contribution >= 4 is 38.9 Å². The van der Waals surface area contributed by atoms with Crippen molar-refractivity contribution in [1.29, 1.82) is 0 Å². The number of para-hydroxylation sites is 1. The Bertz CT molecular complexity index is 513. The lowest BCUT2D eigenvalue weighted by molar-refractivity contribution is 1.02. The van der Waals surface area contributed by atoms with E-state index >= 15 is 0 Å². The molecule has 0 radical (unpaired) electrons. The standard InChI is InChI=1S/C15H15BrClN/c1-2-18(13-6-4-3-5-7-13)15-9-8-12(11-17)10-14(15)16/h3-10H,2,11H2,1H3. The summed E-state index contributed by atoms with van der Waals surface area (Å²) in [6.07, 6.45) is 0. The fraction of sp³-hybridized carbons (Fsp3) is 0.200. The van der Waals surface area contributed by atoms with E-state index in [-0.39, 0.29) is 0 Å². The van der Waals surface area contributed by atoms with Crippen LogP contribution in [-0.2, 0) is 5.88 Å². The van der Waals surface area contributed by atoms with E-state index in [0.717, 1.165) is 22.3 Å². The molecule has 0 N–H and O–H groups in total. The maximum atomic E-state index is 5.85. The molecule has 0 aliphatic carbocycles. The minimum atomic E-state index is 0.538. The summed E-state index contributed by atoms with van der Waals surface area (Å²) in [4.78, 5) is 2.27. The number of nitrogens with zero attached hydrogens (tertiary/aromatic N) is 1. The van der Waals surface area contributed by atoms with Crippen LogP contribution < -0.4 is 4.90 Å². The van der Waals surface area contributed by atoms with Crippen molar-refractivity contribution in [2.45, 2.75) is 12.8 Å². The zero-order valence-corrected chi connectivity index (χ0v) is 12.6. The highest BCUT2D eigenvalue weighted by Crippen LogP contribution is 2.32. The predicted octanol–water partition coefficient (Wildman–Crippen LogP) is 5.35. The van der Waals surface area contributed by atoms with Gasteiger partial charge in [0, 0.05) is 22.6 Å². The van der Waals surface area contributed by atoms with Gasteiger partial charge < -0.3 is 4.90 Å². The van der Waals surface area contributed by atoms with Gasteiger partial charge in [0.2, 0.25) is 0 Å². The molecule has 0 saturated carbocycles. The first-order valence-corrected chi connectivity index (χ1v) is 7.26. The normalized spacial score (nSPS) is 10.4. The van der Waals surface area contributed by atoms with Crippen LogP contribution in [-0.4, -0.2) is 6.54 Å². The predicted molar refractivity (Wildman–Crippen MR) is 82.8 cm³/mol. The molecule has 0 spiro atoms. The molecule has 0 heterocycles. The first kappa shape index (κ1) is 13.4. The second-order valence-corrected chi connectivity index (χ2v) is 5.12. The van der Waals surface area contributed by atoms with Crippen LogP contribution in [0.3, 0.4) is 0 Å². The Morgan fingerprint density at radius 1 is 1.11 bits per heavy atom. The lowest BCUT2D eigenvalue weighted by Crippen LogP contribution is -2.16. The van der Waals surface area contributed by atoms with E-state index in [9.17, 15) is 0 Å².